The molecule has 0 unspecified atom stereocenters. The summed E-state index contributed by atoms with van der Waals surface area (Å²) in [6.45, 7) is 1.74. The van der Waals surface area contributed by atoms with E-state index in [0.717, 1.165) is 11.1 Å². The van der Waals surface area contributed by atoms with Gasteiger partial charge in [-0.05, 0) is 73.2 Å². The van der Waals surface area contributed by atoms with Crippen molar-refractivity contribution in [3.63, 3.8) is 0 Å². The molecule has 0 saturated carbocycles. The normalized spacial score (nSPS) is 10.7. The van der Waals surface area contributed by atoms with Crippen LogP contribution in [0.5, 0.6) is 0 Å². The van der Waals surface area contributed by atoms with Gasteiger partial charge in [0.05, 0.1) is 4.92 Å². The van der Waals surface area contributed by atoms with Crippen LogP contribution < -0.4 is 10.6 Å². The lowest BCUT2D eigenvalue weighted by molar-refractivity contribution is -0.383. The highest BCUT2D eigenvalue weighted by Crippen LogP contribution is 2.25. The van der Waals surface area contributed by atoms with Gasteiger partial charge in [-0.2, -0.15) is 0 Å². The second-order valence-corrected chi connectivity index (χ2v) is 7.11. The van der Waals surface area contributed by atoms with E-state index in [9.17, 15) is 14.9 Å². The molecule has 1 heterocycles. The van der Waals surface area contributed by atoms with E-state index in [1.807, 2.05) is 12.1 Å². The fraction of sp³-hybridized carbons (Fsp3) is 0.0476. The van der Waals surface area contributed by atoms with Crippen LogP contribution in [0.2, 0.25) is 5.02 Å². The minimum Gasteiger partial charge on any atom is -0.457 e. The number of furan rings is 1. The van der Waals surface area contributed by atoms with Crippen molar-refractivity contribution in [2.45, 2.75) is 6.92 Å². The molecule has 3 aromatic rings. The largest absolute Gasteiger partial charge is 0.457 e. The number of carbonyl (C=O) groups is 1. The SMILES string of the molecule is Cc1ccc(NC(=S)NC(=O)C=Cc2ccc(-c3ccc(Cl)cc3)o2)c([N+](=O)[O-])c1. The number of hydrogen-bond donors (Lipinski definition) is 2. The Kier molecular flexibility index (Phi) is 6.61. The Balaban J connectivity index is 1.60. The number of nitrogens with one attached hydrogen (secondary N) is 2. The first-order valence-electron chi connectivity index (χ1n) is 8.73. The zero-order valence-corrected chi connectivity index (χ0v) is 17.3. The molecule has 0 aliphatic heterocycles. The summed E-state index contributed by atoms with van der Waals surface area (Å²) >= 11 is 10.9. The number of aryl methyl sites for hydroxylation is 1. The maximum atomic E-state index is 12.1. The van der Waals surface area contributed by atoms with E-state index >= 15 is 0 Å². The van der Waals surface area contributed by atoms with Gasteiger partial charge in [0.1, 0.15) is 17.2 Å². The molecule has 30 heavy (non-hydrogen) atoms. The van der Waals surface area contributed by atoms with Crippen molar-refractivity contribution < 1.29 is 14.1 Å². The van der Waals surface area contributed by atoms with Gasteiger partial charge >= 0.3 is 0 Å². The van der Waals surface area contributed by atoms with Crippen molar-refractivity contribution in [1.29, 1.82) is 0 Å². The predicted octanol–water partition coefficient (Wildman–Crippen LogP) is 5.34. The third-order valence-electron chi connectivity index (χ3n) is 3.99. The number of rotatable bonds is 5. The van der Waals surface area contributed by atoms with Crippen LogP contribution >= 0.6 is 23.8 Å². The maximum Gasteiger partial charge on any atom is 0.292 e. The topological polar surface area (TPSA) is 97.4 Å². The lowest BCUT2D eigenvalue weighted by atomic mass is 10.2. The highest BCUT2D eigenvalue weighted by molar-refractivity contribution is 7.80. The molecule has 0 radical (unpaired) electrons. The monoisotopic (exact) mass is 441 g/mol. The fourth-order valence-corrected chi connectivity index (χ4v) is 2.91. The van der Waals surface area contributed by atoms with Gasteiger partial charge < -0.3 is 9.73 Å². The minimum atomic E-state index is -0.519. The molecule has 152 valence electrons. The number of anilines is 1. The van der Waals surface area contributed by atoms with E-state index in [2.05, 4.69) is 10.6 Å². The summed E-state index contributed by atoms with van der Waals surface area (Å²) in [4.78, 5) is 22.7. The summed E-state index contributed by atoms with van der Waals surface area (Å²) in [6.07, 6.45) is 2.74. The lowest BCUT2D eigenvalue weighted by Crippen LogP contribution is -2.33. The molecule has 0 fully saturated rings. The Labute approximate surface area is 182 Å². The first kappa shape index (κ1) is 21.2. The summed E-state index contributed by atoms with van der Waals surface area (Å²) in [6, 6.07) is 15.3. The molecule has 7 nitrogen and oxygen atoms in total. The number of halogens is 1. The van der Waals surface area contributed by atoms with Gasteiger partial charge in [-0.25, -0.2) is 0 Å². The summed E-state index contributed by atoms with van der Waals surface area (Å²) in [5.41, 5.74) is 1.65. The highest BCUT2D eigenvalue weighted by atomic mass is 35.5. The van der Waals surface area contributed by atoms with E-state index in [-0.39, 0.29) is 16.5 Å². The minimum absolute atomic E-state index is 0.0575. The van der Waals surface area contributed by atoms with Crippen molar-refractivity contribution in [3.8, 4) is 11.3 Å². The predicted molar refractivity (Wildman–Crippen MR) is 120 cm³/mol. The third-order valence-corrected chi connectivity index (χ3v) is 4.45. The highest BCUT2D eigenvalue weighted by Gasteiger charge is 2.15. The van der Waals surface area contributed by atoms with Crippen molar-refractivity contribution in [2.24, 2.45) is 0 Å². The van der Waals surface area contributed by atoms with Gasteiger partial charge in [-0.15, -0.1) is 0 Å². The molecule has 0 bridgehead atoms. The van der Waals surface area contributed by atoms with Crippen molar-refractivity contribution >= 4 is 52.3 Å². The van der Waals surface area contributed by atoms with Gasteiger partial charge in [0, 0.05) is 22.7 Å². The molecule has 3 rings (SSSR count). The summed E-state index contributed by atoms with van der Waals surface area (Å²) in [5.74, 6) is 0.602. The van der Waals surface area contributed by atoms with E-state index < -0.39 is 10.8 Å². The van der Waals surface area contributed by atoms with Gasteiger partial charge in [0.2, 0.25) is 5.91 Å². The molecule has 0 aliphatic rings. The molecule has 0 atom stereocenters. The van der Waals surface area contributed by atoms with Crippen LogP contribution in [0, 0.1) is 17.0 Å². The van der Waals surface area contributed by atoms with Crippen molar-refractivity contribution in [2.75, 3.05) is 5.32 Å². The molecule has 0 saturated heterocycles. The Hall–Kier alpha value is -3.49. The zero-order chi connectivity index (χ0) is 21.7. The van der Waals surface area contributed by atoms with Crippen LogP contribution in [0.15, 0.2) is 65.1 Å². The Morgan fingerprint density at radius 3 is 2.60 bits per heavy atom. The Morgan fingerprint density at radius 1 is 1.17 bits per heavy atom. The second kappa shape index (κ2) is 9.34. The van der Waals surface area contributed by atoms with Gasteiger partial charge in [-0.1, -0.05) is 17.7 Å². The van der Waals surface area contributed by atoms with Gasteiger partial charge in [0.15, 0.2) is 5.11 Å². The lowest BCUT2D eigenvalue weighted by Gasteiger charge is -2.09. The molecule has 1 aromatic heterocycles. The molecule has 9 heteroatoms. The summed E-state index contributed by atoms with van der Waals surface area (Å²) in [7, 11) is 0. The molecule has 0 spiro atoms. The molecule has 2 aromatic carbocycles. The quantitative estimate of drug-likeness (QED) is 0.240. The number of hydrogen-bond acceptors (Lipinski definition) is 5. The van der Waals surface area contributed by atoms with Crippen LogP contribution in [0.1, 0.15) is 11.3 Å². The standard InChI is InChI=1S/C21H16ClN3O4S/c1-13-2-9-17(18(12-13)25(27)28)23-21(30)24-20(26)11-8-16-7-10-19(29-16)14-3-5-15(22)6-4-14/h2-12H,1H3,(H2,23,24,26,30). The molecule has 0 aliphatic carbocycles. The Morgan fingerprint density at radius 2 is 1.90 bits per heavy atom. The Bertz CT molecular complexity index is 1140. The number of nitrogens with zero attached hydrogens (tertiary/aromatic N) is 1. The number of nitro groups is 1. The average Bonchev–Trinajstić information content (AvgIpc) is 3.17. The molecular weight excluding hydrogens is 426 g/mol. The van der Waals surface area contributed by atoms with Crippen LogP contribution in [-0.4, -0.2) is 15.9 Å². The van der Waals surface area contributed by atoms with Crippen molar-refractivity contribution in [3.05, 3.63) is 87.1 Å². The number of benzene rings is 2. The number of carbonyl (C=O) groups excluding carboxylic acids is 1. The number of thiocarbonyl (C=S) groups is 1. The first-order valence-corrected chi connectivity index (χ1v) is 9.51. The van der Waals surface area contributed by atoms with E-state index in [1.165, 1.54) is 24.3 Å². The number of amides is 1. The molecular formula is C21H16ClN3O4S. The fourth-order valence-electron chi connectivity index (χ4n) is 2.58. The average molecular weight is 442 g/mol. The van der Waals surface area contributed by atoms with E-state index in [1.54, 1.807) is 37.3 Å². The second-order valence-electron chi connectivity index (χ2n) is 6.26. The van der Waals surface area contributed by atoms with Crippen LogP contribution in [0.25, 0.3) is 17.4 Å². The zero-order valence-electron chi connectivity index (χ0n) is 15.7. The van der Waals surface area contributed by atoms with Crippen molar-refractivity contribution in [1.82, 2.24) is 5.32 Å². The van der Waals surface area contributed by atoms with Gasteiger partial charge in [-0.3, -0.25) is 20.2 Å². The first-order chi connectivity index (χ1) is 14.3. The van der Waals surface area contributed by atoms with Gasteiger partial charge in [0.25, 0.3) is 5.69 Å². The smallest absolute Gasteiger partial charge is 0.292 e. The van der Waals surface area contributed by atoms with Crippen LogP contribution in [0.4, 0.5) is 11.4 Å². The molecule has 2 N–H and O–H groups in total. The molecule has 1 amide bonds. The number of nitro benzene ring substituents is 1. The van der Waals surface area contributed by atoms with E-state index in [0.29, 0.717) is 16.5 Å². The summed E-state index contributed by atoms with van der Waals surface area (Å²) < 4.78 is 5.68. The van der Waals surface area contributed by atoms with Crippen LogP contribution in [-0.2, 0) is 4.79 Å². The van der Waals surface area contributed by atoms with E-state index in [4.69, 9.17) is 28.2 Å². The third kappa shape index (κ3) is 5.53. The summed E-state index contributed by atoms with van der Waals surface area (Å²) in [5, 5.41) is 16.8. The van der Waals surface area contributed by atoms with Crippen LogP contribution in [0.3, 0.4) is 0 Å². The maximum absolute atomic E-state index is 12.1.